The van der Waals surface area contributed by atoms with Gasteiger partial charge in [-0.25, -0.2) is 0 Å². The molecule has 0 rings (SSSR count). The Bertz CT molecular complexity index is 113. The predicted molar refractivity (Wildman–Crippen MR) is 57.1 cm³/mol. The van der Waals surface area contributed by atoms with Crippen molar-refractivity contribution in [3.63, 3.8) is 0 Å². The normalized spacial score (nSPS) is 15.7. The topological polar surface area (TPSA) is 33.3 Å². The van der Waals surface area contributed by atoms with E-state index in [9.17, 15) is 0 Å². The summed E-state index contributed by atoms with van der Waals surface area (Å²) in [5, 5.41) is 6.64. The van der Waals surface area contributed by atoms with E-state index < -0.39 is 0 Å². The molecule has 0 heterocycles. The highest BCUT2D eigenvalue weighted by atomic mass is 16.5. The molecule has 0 aromatic rings. The Kier molecular flexibility index (Phi) is 7.23. The zero-order chi connectivity index (χ0) is 10.2. The van der Waals surface area contributed by atoms with Crippen LogP contribution in [0.2, 0.25) is 0 Å². The molecule has 0 fully saturated rings. The summed E-state index contributed by atoms with van der Waals surface area (Å²) in [6, 6.07) is 0. The van der Waals surface area contributed by atoms with E-state index in [2.05, 4.69) is 31.4 Å². The van der Waals surface area contributed by atoms with Crippen molar-refractivity contribution in [1.82, 2.24) is 10.6 Å². The van der Waals surface area contributed by atoms with Crippen LogP contribution in [0.5, 0.6) is 0 Å². The fourth-order valence-electron chi connectivity index (χ4n) is 1.05. The van der Waals surface area contributed by atoms with E-state index in [1.165, 1.54) is 0 Å². The maximum absolute atomic E-state index is 5.41. The lowest BCUT2D eigenvalue weighted by atomic mass is 10.0. The minimum Gasteiger partial charge on any atom is -0.377 e. The first-order valence-electron chi connectivity index (χ1n) is 5.15. The Morgan fingerprint density at radius 2 is 1.77 bits per heavy atom. The molecule has 13 heavy (non-hydrogen) atoms. The van der Waals surface area contributed by atoms with Crippen molar-refractivity contribution in [2.75, 3.05) is 33.3 Å². The van der Waals surface area contributed by atoms with Crippen molar-refractivity contribution < 1.29 is 4.74 Å². The van der Waals surface area contributed by atoms with E-state index in [1.807, 2.05) is 0 Å². The summed E-state index contributed by atoms with van der Waals surface area (Å²) in [5.41, 5.74) is -0.00772. The number of rotatable bonds is 8. The second kappa shape index (κ2) is 7.30. The van der Waals surface area contributed by atoms with Crippen molar-refractivity contribution >= 4 is 0 Å². The number of ether oxygens (including phenoxy) is 1. The SMILES string of the molecule is CCNCCNCC(C)(CC)OC. The molecule has 0 aliphatic carbocycles. The van der Waals surface area contributed by atoms with Gasteiger partial charge in [0.25, 0.3) is 0 Å². The van der Waals surface area contributed by atoms with Gasteiger partial charge in [-0.2, -0.15) is 0 Å². The Hall–Kier alpha value is -0.120. The molecule has 3 nitrogen and oxygen atoms in total. The van der Waals surface area contributed by atoms with Gasteiger partial charge in [-0.1, -0.05) is 13.8 Å². The van der Waals surface area contributed by atoms with Gasteiger partial charge >= 0.3 is 0 Å². The Labute approximate surface area is 82.2 Å². The molecular formula is C10H24N2O. The molecule has 80 valence electrons. The van der Waals surface area contributed by atoms with Crippen LogP contribution >= 0.6 is 0 Å². The monoisotopic (exact) mass is 188 g/mol. The predicted octanol–water partition coefficient (Wildman–Crippen LogP) is 1.00. The highest BCUT2D eigenvalue weighted by Crippen LogP contribution is 2.11. The van der Waals surface area contributed by atoms with Crippen LogP contribution in [0.3, 0.4) is 0 Å². The summed E-state index contributed by atoms with van der Waals surface area (Å²) in [6.45, 7) is 10.4. The van der Waals surface area contributed by atoms with E-state index >= 15 is 0 Å². The number of hydrogen-bond donors (Lipinski definition) is 2. The molecule has 0 aliphatic heterocycles. The van der Waals surface area contributed by atoms with Crippen LogP contribution in [0, 0.1) is 0 Å². The first kappa shape index (κ1) is 12.9. The van der Waals surface area contributed by atoms with Crippen LogP contribution in [-0.2, 0) is 4.74 Å². The maximum atomic E-state index is 5.41. The summed E-state index contributed by atoms with van der Waals surface area (Å²) >= 11 is 0. The third-order valence-corrected chi connectivity index (χ3v) is 2.47. The smallest absolute Gasteiger partial charge is 0.0771 e. The van der Waals surface area contributed by atoms with Gasteiger partial charge in [-0.3, -0.25) is 0 Å². The van der Waals surface area contributed by atoms with Crippen molar-refractivity contribution in [3.8, 4) is 0 Å². The van der Waals surface area contributed by atoms with E-state index in [0.717, 1.165) is 32.6 Å². The van der Waals surface area contributed by atoms with Crippen molar-refractivity contribution in [3.05, 3.63) is 0 Å². The van der Waals surface area contributed by atoms with Crippen LogP contribution in [0.15, 0.2) is 0 Å². The lowest BCUT2D eigenvalue weighted by Crippen LogP contribution is -2.41. The van der Waals surface area contributed by atoms with Crippen molar-refractivity contribution in [2.45, 2.75) is 32.8 Å². The van der Waals surface area contributed by atoms with Crippen LogP contribution in [0.25, 0.3) is 0 Å². The largest absolute Gasteiger partial charge is 0.377 e. The lowest BCUT2D eigenvalue weighted by Gasteiger charge is -2.26. The van der Waals surface area contributed by atoms with Gasteiger partial charge in [0, 0.05) is 26.7 Å². The van der Waals surface area contributed by atoms with Gasteiger partial charge in [0.2, 0.25) is 0 Å². The van der Waals surface area contributed by atoms with Gasteiger partial charge in [0.1, 0.15) is 0 Å². The lowest BCUT2D eigenvalue weighted by molar-refractivity contribution is 0.00396. The van der Waals surface area contributed by atoms with E-state index in [-0.39, 0.29) is 5.60 Å². The first-order valence-corrected chi connectivity index (χ1v) is 5.15. The Balaban J connectivity index is 3.39. The van der Waals surface area contributed by atoms with Gasteiger partial charge in [-0.05, 0) is 19.9 Å². The molecule has 0 bridgehead atoms. The number of methoxy groups -OCH3 is 1. The second-order valence-electron chi connectivity index (χ2n) is 3.54. The summed E-state index contributed by atoms with van der Waals surface area (Å²) in [4.78, 5) is 0. The van der Waals surface area contributed by atoms with Crippen molar-refractivity contribution in [2.24, 2.45) is 0 Å². The summed E-state index contributed by atoms with van der Waals surface area (Å²) in [7, 11) is 1.77. The molecule has 0 aliphatic rings. The summed E-state index contributed by atoms with van der Waals surface area (Å²) in [5.74, 6) is 0. The molecule has 0 aromatic heterocycles. The molecule has 0 aromatic carbocycles. The molecule has 1 atom stereocenters. The minimum atomic E-state index is -0.00772. The van der Waals surface area contributed by atoms with E-state index in [4.69, 9.17) is 4.74 Å². The highest BCUT2D eigenvalue weighted by Gasteiger charge is 2.19. The van der Waals surface area contributed by atoms with Gasteiger partial charge in [0.15, 0.2) is 0 Å². The number of likely N-dealkylation sites (N-methyl/N-ethyl adjacent to an activating group) is 1. The van der Waals surface area contributed by atoms with Crippen LogP contribution in [0.4, 0.5) is 0 Å². The maximum Gasteiger partial charge on any atom is 0.0771 e. The molecule has 2 N–H and O–H groups in total. The van der Waals surface area contributed by atoms with Gasteiger partial charge in [-0.15, -0.1) is 0 Å². The number of nitrogens with one attached hydrogen (secondary N) is 2. The Morgan fingerprint density at radius 3 is 2.23 bits per heavy atom. The average molecular weight is 188 g/mol. The first-order chi connectivity index (χ1) is 6.18. The standard InChI is InChI=1S/C10H24N2O/c1-5-10(3,13-4)9-12-8-7-11-6-2/h11-12H,5-9H2,1-4H3. The molecule has 0 radical (unpaired) electrons. The molecule has 1 unspecified atom stereocenters. The van der Waals surface area contributed by atoms with Crippen LogP contribution < -0.4 is 10.6 Å². The molecule has 0 amide bonds. The van der Waals surface area contributed by atoms with Gasteiger partial charge in [0.05, 0.1) is 5.60 Å². The van der Waals surface area contributed by atoms with Gasteiger partial charge < -0.3 is 15.4 Å². The van der Waals surface area contributed by atoms with Crippen molar-refractivity contribution in [1.29, 1.82) is 0 Å². The molecule has 3 heteroatoms. The number of hydrogen-bond acceptors (Lipinski definition) is 3. The minimum absolute atomic E-state index is 0.00772. The molecule has 0 saturated heterocycles. The second-order valence-corrected chi connectivity index (χ2v) is 3.54. The average Bonchev–Trinajstić information content (AvgIpc) is 2.17. The third-order valence-electron chi connectivity index (χ3n) is 2.47. The molecule has 0 spiro atoms. The third kappa shape index (κ3) is 6.02. The van der Waals surface area contributed by atoms with Crippen LogP contribution in [0.1, 0.15) is 27.2 Å². The molecule has 0 saturated carbocycles. The summed E-state index contributed by atoms with van der Waals surface area (Å²) in [6.07, 6.45) is 1.04. The summed E-state index contributed by atoms with van der Waals surface area (Å²) < 4.78 is 5.41. The highest BCUT2D eigenvalue weighted by molar-refractivity contribution is 4.75. The zero-order valence-electron chi connectivity index (χ0n) is 9.44. The molecular weight excluding hydrogens is 164 g/mol. The zero-order valence-corrected chi connectivity index (χ0v) is 9.44. The Morgan fingerprint density at radius 1 is 1.15 bits per heavy atom. The van der Waals surface area contributed by atoms with Crippen LogP contribution in [-0.4, -0.2) is 38.9 Å². The quantitative estimate of drug-likeness (QED) is 0.558. The van der Waals surface area contributed by atoms with E-state index in [1.54, 1.807) is 7.11 Å². The van der Waals surface area contributed by atoms with E-state index in [0.29, 0.717) is 0 Å². The fraction of sp³-hybridized carbons (Fsp3) is 1.00. The fourth-order valence-corrected chi connectivity index (χ4v) is 1.05.